The Morgan fingerprint density at radius 1 is 1.14 bits per heavy atom. The first-order chi connectivity index (χ1) is 13.6. The van der Waals surface area contributed by atoms with E-state index in [0.717, 1.165) is 10.9 Å². The number of methoxy groups -OCH3 is 1. The molecular weight excluding hydrogens is 439 g/mol. The standard InChI is InChI=1S/C20H17Cl3N2O4/c1-25-9-13(18(27)20(21,22)23)12(14(10-25)19(28)29-2)8-17(26)16-7-11-5-3-4-6-15(11)24-16/h3-7,9-10,12,24H,8H2,1-2H3. The van der Waals surface area contributed by atoms with Gasteiger partial charge in [-0.15, -0.1) is 0 Å². The number of rotatable bonds is 5. The molecule has 9 heteroatoms. The molecule has 0 aliphatic carbocycles. The minimum Gasteiger partial charge on any atom is -0.466 e. The van der Waals surface area contributed by atoms with Crippen LogP contribution < -0.4 is 0 Å². The number of allylic oxidation sites excluding steroid dienone is 1. The number of halogens is 3. The average Bonchev–Trinajstić information content (AvgIpc) is 3.11. The molecule has 0 saturated carbocycles. The van der Waals surface area contributed by atoms with Gasteiger partial charge in [0.15, 0.2) is 5.78 Å². The van der Waals surface area contributed by atoms with Gasteiger partial charge in [-0.3, -0.25) is 9.59 Å². The van der Waals surface area contributed by atoms with Crippen molar-refractivity contribution in [1.82, 2.24) is 9.88 Å². The molecule has 1 aliphatic heterocycles. The van der Waals surface area contributed by atoms with E-state index in [9.17, 15) is 14.4 Å². The number of aromatic amines is 1. The zero-order valence-corrected chi connectivity index (χ0v) is 17.8. The maximum Gasteiger partial charge on any atom is 0.335 e. The summed E-state index contributed by atoms with van der Waals surface area (Å²) in [7, 11) is 2.83. The maximum absolute atomic E-state index is 13.0. The number of benzene rings is 1. The molecule has 0 bridgehead atoms. The van der Waals surface area contributed by atoms with Crippen molar-refractivity contribution < 1.29 is 19.1 Å². The van der Waals surface area contributed by atoms with Crippen molar-refractivity contribution in [3.8, 4) is 0 Å². The molecule has 0 radical (unpaired) electrons. The summed E-state index contributed by atoms with van der Waals surface area (Å²) in [6.07, 6.45) is 2.75. The minimum atomic E-state index is -2.23. The second kappa shape index (κ2) is 8.22. The van der Waals surface area contributed by atoms with Gasteiger partial charge in [0.05, 0.1) is 18.4 Å². The number of esters is 1. The third-order valence-electron chi connectivity index (χ3n) is 4.60. The fourth-order valence-electron chi connectivity index (χ4n) is 3.26. The number of hydrogen-bond acceptors (Lipinski definition) is 5. The highest BCUT2D eigenvalue weighted by Crippen LogP contribution is 2.38. The number of carbonyl (C=O) groups is 3. The summed E-state index contributed by atoms with van der Waals surface area (Å²) in [5.41, 5.74) is 1.32. The van der Waals surface area contributed by atoms with E-state index in [-0.39, 0.29) is 23.4 Å². The minimum absolute atomic E-state index is 0.0415. The number of aromatic nitrogens is 1. The van der Waals surface area contributed by atoms with Crippen LogP contribution >= 0.6 is 34.8 Å². The van der Waals surface area contributed by atoms with Crippen LogP contribution in [0.2, 0.25) is 0 Å². The van der Waals surface area contributed by atoms with Gasteiger partial charge < -0.3 is 14.6 Å². The normalized spacial score (nSPS) is 17.0. The molecular formula is C20H17Cl3N2O4. The Balaban J connectivity index is 1.98. The second-order valence-corrected chi connectivity index (χ2v) is 8.88. The number of hydrogen-bond donors (Lipinski definition) is 1. The molecule has 1 atom stereocenters. The lowest BCUT2D eigenvalue weighted by molar-refractivity contribution is -0.136. The topological polar surface area (TPSA) is 79.5 Å². The monoisotopic (exact) mass is 454 g/mol. The van der Waals surface area contributed by atoms with Gasteiger partial charge in [-0.2, -0.15) is 0 Å². The molecule has 1 aliphatic rings. The van der Waals surface area contributed by atoms with E-state index in [2.05, 4.69) is 4.98 Å². The van der Waals surface area contributed by atoms with Gasteiger partial charge in [0.25, 0.3) is 3.79 Å². The van der Waals surface area contributed by atoms with Crippen LogP contribution in [0.3, 0.4) is 0 Å². The van der Waals surface area contributed by atoms with Crippen LogP contribution in [0.4, 0.5) is 0 Å². The quantitative estimate of drug-likeness (QED) is 0.416. The largest absolute Gasteiger partial charge is 0.466 e. The predicted octanol–water partition coefficient (Wildman–Crippen LogP) is 4.18. The molecule has 0 amide bonds. The third kappa shape index (κ3) is 4.50. The summed E-state index contributed by atoms with van der Waals surface area (Å²) in [6, 6.07) is 9.14. The number of nitrogens with one attached hydrogen (secondary N) is 1. The molecule has 152 valence electrons. The lowest BCUT2D eigenvalue weighted by Crippen LogP contribution is -2.33. The highest BCUT2D eigenvalue weighted by Gasteiger charge is 2.41. The van der Waals surface area contributed by atoms with Gasteiger partial charge in [0.1, 0.15) is 0 Å². The number of Topliss-reactive ketones (excluding diaryl/α,β-unsaturated/α-hetero) is 2. The number of fused-ring (bicyclic) bond motifs is 1. The van der Waals surface area contributed by atoms with Gasteiger partial charge in [0, 0.05) is 48.3 Å². The van der Waals surface area contributed by atoms with Crippen molar-refractivity contribution in [2.75, 3.05) is 14.2 Å². The zero-order valence-electron chi connectivity index (χ0n) is 15.5. The van der Waals surface area contributed by atoms with E-state index in [0.29, 0.717) is 5.69 Å². The number of H-pyrrole nitrogens is 1. The highest BCUT2D eigenvalue weighted by molar-refractivity contribution is 6.77. The summed E-state index contributed by atoms with van der Waals surface area (Å²) >= 11 is 17.4. The Hall–Kier alpha value is -2.28. The maximum atomic E-state index is 13.0. The van der Waals surface area contributed by atoms with Crippen molar-refractivity contribution in [2.24, 2.45) is 5.92 Å². The van der Waals surface area contributed by atoms with E-state index < -0.39 is 21.5 Å². The lowest BCUT2D eigenvalue weighted by Gasteiger charge is -2.29. The van der Waals surface area contributed by atoms with Crippen LogP contribution in [0.5, 0.6) is 0 Å². The smallest absolute Gasteiger partial charge is 0.335 e. The molecule has 1 N–H and O–H groups in total. The Morgan fingerprint density at radius 2 is 1.79 bits per heavy atom. The SMILES string of the molecule is COC(=O)C1=CN(C)C=C(C(=O)C(Cl)(Cl)Cl)C1CC(=O)c1cc2ccccc2[nH]1. The van der Waals surface area contributed by atoms with Crippen LogP contribution in [0.1, 0.15) is 16.9 Å². The Morgan fingerprint density at radius 3 is 2.41 bits per heavy atom. The molecule has 3 rings (SSSR count). The Bertz CT molecular complexity index is 1020. The van der Waals surface area contributed by atoms with Crippen molar-refractivity contribution in [3.63, 3.8) is 0 Å². The van der Waals surface area contributed by atoms with Gasteiger partial charge in [-0.1, -0.05) is 53.0 Å². The van der Waals surface area contributed by atoms with E-state index in [4.69, 9.17) is 39.5 Å². The molecule has 0 spiro atoms. The first kappa shape index (κ1) is 21.4. The van der Waals surface area contributed by atoms with Crippen molar-refractivity contribution in [2.45, 2.75) is 10.2 Å². The predicted molar refractivity (Wildman–Crippen MR) is 112 cm³/mol. The molecule has 2 aromatic rings. The van der Waals surface area contributed by atoms with Crippen molar-refractivity contribution in [1.29, 1.82) is 0 Å². The number of alkyl halides is 3. The van der Waals surface area contributed by atoms with Crippen molar-refractivity contribution >= 4 is 63.2 Å². The number of ether oxygens (including phenoxy) is 1. The molecule has 0 saturated heterocycles. The molecule has 6 nitrogen and oxygen atoms in total. The fourth-order valence-corrected chi connectivity index (χ4v) is 3.58. The molecule has 1 aromatic heterocycles. The van der Waals surface area contributed by atoms with Gasteiger partial charge in [-0.25, -0.2) is 4.79 Å². The summed E-state index contributed by atoms with van der Waals surface area (Å²) in [5, 5.41) is 0.871. The summed E-state index contributed by atoms with van der Waals surface area (Å²) in [4.78, 5) is 42.5. The van der Waals surface area contributed by atoms with Crippen LogP contribution in [0.15, 0.2) is 53.9 Å². The number of carbonyl (C=O) groups excluding carboxylic acids is 3. The lowest BCUT2D eigenvalue weighted by atomic mass is 9.83. The number of nitrogens with zero attached hydrogens (tertiary/aromatic N) is 1. The molecule has 0 fully saturated rings. The van der Waals surface area contributed by atoms with E-state index in [1.165, 1.54) is 24.4 Å². The number of ketones is 2. The first-order valence-corrected chi connectivity index (χ1v) is 9.71. The van der Waals surface area contributed by atoms with Gasteiger partial charge in [0.2, 0.25) is 5.78 Å². The van der Waals surface area contributed by atoms with Gasteiger partial charge in [-0.05, 0) is 12.1 Å². The van der Waals surface area contributed by atoms with Gasteiger partial charge >= 0.3 is 5.97 Å². The molecule has 1 unspecified atom stereocenters. The third-order valence-corrected chi connectivity index (χ3v) is 5.11. The highest BCUT2D eigenvalue weighted by atomic mass is 35.6. The fraction of sp³-hybridized carbons (Fsp3) is 0.250. The Labute approximate surface area is 182 Å². The summed E-state index contributed by atoms with van der Waals surface area (Å²) in [6.45, 7) is 0. The molecule has 1 aromatic carbocycles. The van der Waals surface area contributed by atoms with Crippen LogP contribution in [-0.4, -0.2) is 45.4 Å². The first-order valence-electron chi connectivity index (χ1n) is 8.58. The summed E-state index contributed by atoms with van der Waals surface area (Å²) in [5.74, 6) is -2.69. The average molecular weight is 456 g/mol. The van der Waals surface area contributed by atoms with Crippen molar-refractivity contribution in [3.05, 3.63) is 59.6 Å². The van der Waals surface area contributed by atoms with Crippen LogP contribution in [0.25, 0.3) is 10.9 Å². The Kier molecular flexibility index (Phi) is 6.08. The van der Waals surface area contributed by atoms with E-state index in [1.54, 1.807) is 13.1 Å². The van der Waals surface area contributed by atoms with Crippen LogP contribution in [0, 0.1) is 5.92 Å². The van der Waals surface area contributed by atoms with E-state index >= 15 is 0 Å². The molecule has 2 heterocycles. The summed E-state index contributed by atoms with van der Waals surface area (Å²) < 4.78 is 2.60. The van der Waals surface area contributed by atoms with E-state index in [1.807, 2.05) is 24.3 Å². The number of para-hydroxylation sites is 1. The van der Waals surface area contributed by atoms with Crippen LogP contribution in [-0.2, 0) is 14.3 Å². The zero-order chi connectivity index (χ0) is 21.3. The molecule has 29 heavy (non-hydrogen) atoms. The second-order valence-electron chi connectivity index (χ2n) is 6.60.